The van der Waals surface area contributed by atoms with Gasteiger partial charge in [-0.25, -0.2) is 4.98 Å². The van der Waals surface area contributed by atoms with Crippen LogP contribution in [0.3, 0.4) is 0 Å². The van der Waals surface area contributed by atoms with Gasteiger partial charge in [0.1, 0.15) is 17.7 Å². The van der Waals surface area contributed by atoms with Crippen molar-refractivity contribution < 1.29 is 13.9 Å². The second-order valence-electron chi connectivity index (χ2n) is 9.34. The van der Waals surface area contributed by atoms with E-state index in [-0.39, 0.29) is 17.8 Å². The summed E-state index contributed by atoms with van der Waals surface area (Å²) in [6.45, 7) is 4.93. The van der Waals surface area contributed by atoms with Crippen LogP contribution in [0.2, 0.25) is 0 Å². The van der Waals surface area contributed by atoms with Gasteiger partial charge in [0.25, 0.3) is 5.91 Å². The van der Waals surface area contributed by atoms with Crippen LogP contribution in [0, 0.1) is 5.95 Å². The van der Waals surface area contributed by atoms with Gasteiger partial charge >= 0.3 is 0 Å². The first-order chi connectivity index (χ1) is 16.4. The number of carbonyl (C=O) groups is 1. The van der Waals surface area contributed by atoms with E-state index in [0.29, 0.717) is 40.9 Å². The Bertz CT molecular complexity index is 1220. The zero-order valence-corrected chi connectivity index (χ0v) is 19.4. The third kappa shape index (κ3) is 4.48. The van der Waals surface area contributed by atoms with Crippen molar-refractivity contribution in [3.63, 3.8) is 0 Å². The van der Waals surface area contributed by atoms with Gasteiger partial charge < -0.3 is 21.1 Å². The number of fused-ring (bicyclic) bond motifs is 1. The Morgan fingerprint density at radius 2 is 1.68 bits per heavy atom. The van der Waals surface area contributed by atoms with E-state index < -0.39 is 5.95 Å². The third-order valence-corrected chi connectivity index (χ3v) is 6.62. The van der Waals surface area contributed by atoms with E-state index in [9.17, 15) is 9.18 Å². The van der Waals surface area contributed by atoms with E-state index in [2.05, 4.69) is 29.5 Å². The van der Waals surface area contributed by atoms with Crippen LogP contribution in [-0.4, -0.2) is 35.6 Å². The highest BCUT2D eigenvalue weighted by atomic mass is 19.1. The standard InChI is InChI=1S/C27H29FN4O2/c1-15-11-21(12-16(2)31-15)34-20-6-3-17(4-7-20)23-14-24(26(29)32-25(23)28)18-5-8-22-19(13-18)9-10-30-27(22)33/h3-8,13-16,21,31H,9-12H2,1-2H3,(H2,29,32)(H,30,33)/t15-,16-/m1/s1. The summed E-state index contributed by atoms with van der Waals surface area (Å²) in [6.07, 6.45) is 2.81. The van der Waals surface area contributed by atoms with E-state index >= 15 is 0 Å². The summed E-state index contributed by atoms with van der Waals surface area (Å²) in [7, 11) is 0. The van der Waals surface area contributed by atoms with E-state index in [1.807, 2.05) is 36.4 Å². The molecule has 0 bridgehead atoms. The van der Waals surface area contributed by atoms with Crippen molar-refractivity contribution in [1.29, 1.82) is 0 Å². The van der Waals surface area contributed by atoms with E-state index in [1.165, 1.54) is 0 Å². The Morgan fingerprint density at radius 1 is 0.971 bits per heavy atom. The highest BCUT2D eigenvalue weighted by Crippen LogP contribution is 2.34. The fourth-order valence-electron chi connectivity index (χ4n) is 5.04. The second kappa shape index (κ2) is 9.06. The van der Waals surface area contributed by atoms with Gasteiger partial charge in [-0.15, -0.1) is 0 Å². The smallest absolute Gasteiger partial charge is 0.251 e. The molecule has 5 rings (SSSR count). The number of hydrogen-bond acceptors (Lipinski definition) is 5. The fraction of sp³-hybridized carbons (Fsp3) is 0.333. The van der Waals surface area contributed by atoms with E-state index in [0.717, 1.165) is 36.1 Å². The van der Waals surface area contributed by atoms with Gasteiger partial charge in [-0.3, -0.25) is 4.79 Å². The molecule has 2 aromatic carbocycles. The number of nitrogen functional groups attached to an aromatic ring is 1. The minimum Gasteiger partial charge on any atom is -0.490 e. The van der Waals surface area contributed by atoms with E-state index in [1.54, 1.807) is 12.1 Å². The van der Waals surface area contributed by atoms with Crippen LogP contribution >= 0.6 is 0 Å². The summed E-state index contributed by atoms with van der Waals surface area (Å²) < 4.78 is 21.0. The zero-order valence-electron chi connectivity index (χ0n) is 19.4. The van der Waals surface area contributed by atoms with Crippen molar-refractivity contribution in [2.24, 2.45) is 0 Å². The molecule has 3 heterocycles. The average molecular weight is 461 g/mol. The lowest BCUT2D eigenvalue weighted by Crippen LogP contribution is -2.46. The number of pyridine rings is 1. The number of aromatic nitrogens is 1. The molecule has 0 unspecified atom stereocenters. The Balaban J connectivity index is 1.41. The molecule has 0 saturated carbocycles. The quantitative estimate of drug-likeness (QED) is 0.505. The number of nitrogens with zero attached hydrogens (tertiary/aromatic N) is 1. The van der Waals surface area contributed by atoms with Crippen LogP contribution in [0.25, 0.3) is 22.3 Å². The third-order valence-electron chi connectivity index (χ3n) is 6.62. The molecule has 2 aliphatic heterocycles. The summed E-state index contributed by atoms with van der Waals surface area (Å²) in [4.78, 5) is 16.0. The number of benzene rings is 2. The first-order valence-electron chi connectivity index (χ1n) is 11.8. The van der Waals surface area contributed by atoms with Gasteiger partial charge in [0.15, 0.2) is 0 Å². The normalized spacial score (nSPS) is 22.1. The van der Waals surface area contributed by atoms with Crippen LogP contribution in [0.5, 0.6) is 5.75 Å². The highest BCUT2D eigenvalue weighted by Gasteiger charge is 2.24. The van der Waals surface area contributed by atoms with Crippen LogP contribution < -0.4 is 21.1 Å². The Kier molecular flexibility index (Phi) is 5.96. The summed E-state index contributed by atoms with van der Waals surface area (Å²) in [5.41, 5.74) is 10.2. The van der Waals surface area contributed by atoms with Gasteiger partial charge in [-0.2, -0.15) is 4.39 Å². The Morgan fingerprint density at radius 3 is 2.41 bits per heavy atom. The van der Waals surface area contributed by atoms with Crippen LogP contribution in [0.15, 0.2) is 48.5 Å². The lowest BCUT2D eigenvalue weighted by Gasteiger charge is -2.33. The highest BCUT2D eigenvalue weighted by molar-refractivity contribution is 5.97. The second-order valence-corrected chi connectivity index (χ2v) is 9.34. The monoisotopic (exact) mass is 460 g/mol. The van der Waals surface area contributed by atoms with Crippen LogP contribution in [-0.2, 0) is 6.42 Å². The molecule has 0 spiro atoms. The number of nitrogens with two attached hydrogens (primary N) is 1. The molecule has 2 aliphatic rings. The van der Waals surface area contributed by atoms with Crippen molar-refractivity contribution in [2.45, 2.75) is 51.3 Å². The molecule has 0 radical (unpaired) electrons. The molecule has 7 heteroatoms. The van der Waals surface area contributed by atoms with Crippen molar-refractivity contribution in [3.05, 3.63) is 65.6 Å². The summed E-state index contributed by atoms with van der Waals surface area (Å²) >= 11 is 0. The molecule has 6 nitrogen and oxygen atoms in total. The topological polar surface area (TPSA) is 89.3 Å². The van der Waals surface area contributed by atoms with Gasteiger partial charge in [0.05, 0.1) is 0 Å². The Hall–Kier alpha value is -3.45. The maximum atomic E-state index is 14.8. The zero-order chi connectivity index (χ0) is 23.8. The lowest BCUT2D eigenvalue weighted by molar-refractivity contribution is 0.0946. The molecule has 1 saturated heterocycles. The molecule has 1 aromatic heterocycles. The molecule has 1 fully saturated rings. The number of rotatable bonds is 4. The van der Waals surface area contributed by atoms with Crippen LogP contribution in [0.1, 0.15) is 42.6 Å². The number of hydrogen-bond donors (Lipinski definition) is 3. The lowest BCUT2D eigenvalue weighted by atomic mass is 9.94. The van der Waals surface area contributed by atoms with Crippen molar-refractivity contribution >= 4 is 11.7 Å². The van der Waals surface area contributed by atoms with Gasteiger partial charge in [0, 0.05) is 35.3 Å². The first-order valence-corrected chi connectivity index (χ1v) is 11.8. The number of nitrogens with one attached hydrogen (secondary N) is 2. The molecule has 34 heavy (non-hydrogen) atoms. The maximum absolute atomic E-state index is 14.8. The molecule has 3 aromatic rings. The number of ether oxygens (including phenoxy) is 1. The number of piperidine rings is 1. The summed E-state index contributed by atoms with van der Waals surface area (Å²) in [6, 6.07) is 15.6. The first kappa shape index (κ1) is 22.3. The minimum atomic E-state index is -0.617. The fourth-order valence-corrected chi connectivity index (χ4v) is 5.04. The molecule has 1 amide bonds. The predicted octanol–water partition coefficient (Wildman–Crippen LogP) is 4.33. The number of carbonyl (C=O) groups excluding carboxylic acids is 1. The number of anilines is 1. The molecular formula is C27H29FN4O2. The van der Waals surface area contributed by atoms with Gasteiger partial charge in [0.2, 0.25) is 5.95 Å². The summed E-state index contributed by atoms with van der Waals surface area (Å²) in [5.74, 6) is 0.199. The summed E-state index contributed by atoms with van der Waals surface area (Å²) in [5, 5.41) is 6.36. The molecular weight excluding hydrogens is 431 g/mol. The molecule has 176 valence electrons. The van der Waals surface area contributed by atoms with Crippen LogP contribution in [0.4, 0.5) is 10.2 Å². The van der Waals surface area contributed by atoms with Crippen molar-refractivity contribution in [1.82, 2.24) is 15.6 Å². The van der Waals surface area contributed by atoms with Gasteiger partial charge in [-0.05, 0) is 74.1 Å². The largest absolute Gasteiger partial charge is 0.490 e. The van der Waals surface area contributed by atoms with E-state index in [4.69, 9.17) is 10.5 Å². The average Bonchev–Trinajstić information content (AvgIpc) is 2.79. The van der Waals surface area contributed by atoms with Gasteiger partial charge in [-0.1, -0.05) is 24.3 Å². The molecule has 0 aliphatic carbocycles. The molecule has 2 atom stereocenters. The SMILES string of the molecule is C[C@@H]1CC(Oc2ccc(-c3cc(-c4ccc5c(c4)CCNC5=O)c(N)nc3F)cc2)C[C@@H](C)N1. The van der Waals surface area contributed by atoms with Crippen molar-refractivity contribution in [2.75, 3.05) is 12.3 Å². The number of amides is 1. The van der Waals surface area contributed by atoms with Crippen molar-refractivity contribution in [3.8, 4) is 28.0 Å². The minimum absolute atomic E-state index is 0.0746. The molecule has 4 N–H and O–H groups in total. The predicted molar refractivity (Wildman–Crippen MR) is 131 cm³/mol. The Labute approximate surface area is 198 Å². The number of halogens is 1. The maximum Gasteiger partial charge on any atom is 0.251 e.